The fourth-order valence-corrected chi connectivity index (χ4v) is 2.74. The van der Waals surface area contributed by atoms with Gasteiger partial charge in [0.2, 0.25) is 0 Å². The predicted octanol–water partition coefficient (Wildman–Crippen LogP) is 4.42. The highest BCUT2D eigenvalue weighted by Gasteiger charge is 2.16. The van der Waals surface area contributed by atoms with Crippen LogP contribution in [0.2, 0.25) is 10.0 Å². The van der Waals surface area contributed by atoms with Crippen molar-refractivity contribution in [1.29, 1.82) is 0 Å². The summed E-state index contributed by atoms with van der Waals surface area (Å²) in [6.45, 7) is 0. The molecule has 0 aliphatic carbocycles. The summed E-state index contributed by atoms with van der Waals surface area (Å²) in [4.78, 5) is 11.6. The number of thiophene rings is 1. The molecule has 82 valence electrons. The molecular weight excluding hydrogens is 267 g/mol. The van der Waals surface area contributed by atoms with Gasteiger partial charge in [0, 0.05) is 5.56 Å². The van der Waals surface area contributed by atoms with Crippen molar-refractivity contribution in [2.45, 2.75) is 0 Å². The molecule has 0 saturated heterocycles. The van der Waals surface area contributed by atoms with Crippen molar-refractivity contribution < 1.29 is 9.90 Å². The number of carbonyl (C=O) groups is 1. The summed E-state index contributed by atoms with van der Waals surface area (Å²) in [5.41, 5.74) is 0.899. The second-order valence-electron chi connectivity index (χ2n) is 3.07. The Morgan fingerprint density at radius 2 is 2.00 bits per heavy atom. The van der Waals surface area contributed by atoms with Crippen molar-refractivity contribution in [3.05, 3.63) is 45.3 Å². The van der Waals surface area contributed by atoms with Crippen molar-refractivity contribution in [1.82, 2.24) is 0 Å². The van der Waals surface area contributed by atoms with Gasteiger partial charge in [0.25, 0.3) is 0 Å². The topological polar surface area (TPSA) is 37.3 Å². The maximum absolute atomic E-state index is 11.0. The van der Waals surface area contributed by atoms with Crippen LogP contribution in [0.5, 0.6) is 0 Å². The first kappa shape index (κ1) is 11.5. The van der Waals surface area contributed by atoms with Gasteiger partial charge in [-0.1, -0.05) is 35.3 Å². The second-order valence-corrected chi connectivity index (χ2v) is 4.77. The quantitative estimate of drug-likeness (QED) is 0.879. The first-order chi connectivity index (χ1) is 7.61. The fourth-order valence-electron chi connectivity index (χ4n) is 1.37. The lowest BCUT2D eigenvalue weighted by Crippen LogP contribution is -1.95. The van der Waals surface area contributed by atoms with Crippen LogP contribution in [0.4, 0.5) is 0 Å². The van der Waals surface area contributed by atoms with Crippen LogP contribution in [-0.4, -0.2) is 11.1 Å². The lowest BCUT2D eigenvalue weighted by Gasteiger charge is -2.04. The molecule has 0 fully saturated rings. The molecule has 1 heterocycles. The maximum Gasteiger partial charge on any atom is 0.337 e. The van der Waals surface area contributed by atoms with Crippen LogP contribution in [0.3, 0.4) is 0 Å². The van der Waals surface area contributed by atoms with E-state index < -0.39 is 5.97 Å². The molecule has 0 bridgehead atoms. The van der Waals surface area contributed by atoms with Gasteiger partial charge in [-0.25, -0.2) is 4.79 Å². The highest BCUT2D eigenvalue weighted by Crippen LogP contribution is 2.38. The molecule has 0 radical (unpaired) electrons. The molecule has 0 aliphatic heterocycles. The number of aromatic carboxylic acids is 1. The van der Waals surface area contributed by atoms with Gasteiger partial charge < -0.3 is 5.11 Å². The number of halogens is 2. The molecule has 0 saturated carbocycles. The molecule has 0 atom stereocenters. The van der Waals surface area contributed by atoms with Gasteiger partial charge in [0.05, 0.1) is 20.5 Å². The van der Waals surface area contributed by atoms with Gasteiger partial charge in [-0.2, -0.15) is 0 Å². The van der Waals surface area contributed by atoms with E-state index in [4.69, 9.17) is 28.3 Å². The van der Waals surface area contributed by atoms with E-state index in [0.29, 0.717) is 20.5 Å². The summed E-state index contributed by atoms with van der Waals surface area (Å²) < 4.78 is 0. The lowest BCUT2D eigenvalue weighted by molar-refractivity contribution is 0.0698. The van der Waals surface area contributed by atoms with E-state index in [-0.39, 0.29) is 5.56 Å². The van der Waals surface area contributed by atoms with Gasteiger partial charge in [0.15, 0.2) is 0 Å². The summed E-state index contributed by atoms with van der Waals surface area (Å²) in [6.07, 6.45) is 0. The Kier molecular flexibility index (Phi) is 3.19. The standard InChI is InChI=1S/C11H6Cl2O2S/c12-8-3-1-2-6(9(8)13)10-7(11(14)15)4-5-16-10/h1-5H,(H,14,15). The summed E-state index contributed by atoms with van der Waals surface area (Å²) in [7, 11) is 0. The van der Waals surface area contributed by atoms with Gasteiger partial charge in [0.1, 0.15) is 0 Å². The summed E-state index contributed by atoms with van der Waals surface area (Å²) >= 11 is 13.3. The smallest absolute Gasteiger partial charge is 0.337 e. The van der Waals surface area contributed by atoms with E-state index in [1.807, 2.05) is 0 Å². The zero-order chi connectivity index (χ0) is 11.7. The Bertz CT molecular complexity index is 549. The van der Waals surface area contributed by atoms with E-state index in [1.165, 1.54) is 11.3 Å². The summed E-state index contributed by atoms with van der Waals surface area (Å²) in [5, 5.41) is 11.5. The van der Waals surface area contributed by atoms with E-state index in [0.717, 1.165) is 0 Å². The molecular formula is C11H6Cl2O2S. The fraction of sp³-hybridized carbons (Fsp3) is 0. The van der Waals surface area contributed by atoms with Crippen LogP contribution in [-0.2, 0) is 0 Å². The Labute approximate surface area is 106 Å². The zero-order valence-corrected chi connectivity index (χ0v) is 10.2. The molecule has 16 heavy (non-hydrogen) atoms. The van der Waals surface area contributed by atoms with E-state index in [2.05, 4.69) is 0 Å². The van der Waals surface area contributed by atoms with Crippen molar-refractivity contribution in [3.63, 3.8) is 0 Å². The third kappa shape index (κ3) is 1.94. The second kappa shape index (κ2) is 4.45. The van der Waals surface area contributed by atoms with Crippen LogP contribution in [0.15, 0.2) is 29.6 Å². The van der Waals surface area contributed by atoms with E-state index in [9.17, 15) is 4.79 Å². The SMILES string of the molecule is O=C(O)c1ccsc1-c1cccc(Cl)c1Cl. The molecule has 0 aliphatic rings. The van der Waals surface area contributed by atoms with E-state index in [1.54, 1.807) is 29.6 Å². The number of carboxylic acids is 1. The molecule has 0 amide bonds. The first-order valence-corrected chi connectivity index (χ1v) is 6.00. The third-order valence-electron chi connectivity index (χ3n) is 2.09. The third-order valence-corrected chi connectivity index (χ3v) is 3.86. The van der Waals surface area contributed by atoms with Gasteiger partial charge in [-0.05, 0) is 17.5 Å². The van der Waals surface area contributed by atoms with Crippen molar-refractivity contribution in [2.75, 3.05) is 0 Å². The predicted molar refractivity (Wildman–Crippen MR) is 66.7 cm³/mol. The molecule has 0 spiro atoms. The number of rotatable bonds is 2. The normalized spacial score (nSPS) is 10.4. The number of hydrogen-bond acceptors (Lipinski definition) is 2. The Morgan fingerprint density at radius 3 is 2.69 bits per heavy atom. The first-order valence-electron chi connectivity index (χ1n) is 4.36. The Hall–Kier alpha value is -1.03. The van der Waals surface area contributed by atoms with Gasteiger partial charge >= 0.3 is 5.97 Å². The van der Waals surface area contributed by atoms with E-state index >= 15 is 0 Å². The van der Waals surface area contributed by atoms with Crippen LogP contribution < -0.4 is 0 Å². The molecule has 1 aromatic heterocycles. The van der Waals surface area contributed by atoms with Crippen LogP contribution in [0.25, 0.3) is 10.4 Å². The largest absolute Gasteiger partial charge is 0.478 e. The number of benzene rings is 1. The van der Waals surface area contributed by atoms with Crippen molar-refractivity contribution in [2.24, 2.45) is 0 Å². The summed E-state index contributed by atoms with van der Waals surface area (Å²) in [5.74, 6) is -0.965. The molecule has 2 nitrogen and oxygen atoms in total. The summed E-state index contributed by atoms with van der Waals surface area (Å²) in [6, 6.07) is 6.72. The number of hydrogen-bond donors (Lipinski definition) is 1. The van der Waals surface area contributed by atoms with Gasteiger partial charge in [-0.3, -0.25) is 0 Å². The molecule has 2 aromatic rings. The Balaban J connectivity index is 2.63. The zero-order valence-electron chi connectivity index (χ0n) is 7.91. The van der Waals surface area contributed by atoms with Crippen LogP contribution in [0.1, 0.15) is 10.4 Å². The molecule has 0 unspecified atom stereocenters. The monoisotopic (exact) mass is 272 g/mol. The molecule has 1 N–H and O–H groups in total. The average Bonchev–Trinajstić information content (AvgIpc) is 2.70. The Morgan fingerprint density at radius 1 is 1.25 bits per heavy atom. The minimum Gasteiger partial charge on any atom is -0.478 e. The van der Waals surface area contributed by atoms with Crippen molar-refractivity contribution in [3.8, 4) is 10.4 Å². The number of carboxylic acid groups (broad SMARTS) is 1. The average molecular weight is 273 g/mol. The molecule has 1 aromatic carbocycles. The highest BCUT2D eigenvalue weighted by molar-refractivity contribution is 7.14. The minimum atomic E-state index is -0.965. The van der Waals surface area contributed by atoms with Crippen LogP contribution >= 0.6 is 34.5 Å². The van der Waals surface area contributed by atoms with Crippen molar-refractivity contribution >= 4 is 40.5 Å². The molecule has 2 rings (SSSR count). The minimum absolute atomic E-state index is 0.245. The molecule has 5 heteroatoms. The van der Waals surface area contributed by atoms with Crippen LogP contribution in [0, 0.1) is 0 Å². The maximum atomic E-state index is 11.0. The highest BCUT2D eigenvalue weighted by atomic mass is 35.5. The lowest BCUT2D eigenvalue weighted by atomic mass is 10.1. The van der Waals surface area contributed by atoms with Gasteiger partial charge in [-0.15, -0.1) is 11.3 Å².